The molecule has 2 aromatic carbocycles. The molecule has 0 bridgehead atoms. The van der Waals surface area contributed by atoms with Gasteiger partial charge in [0.2, 0.25) is 10.0 Å². The second-order valence-electron chi connectivity index (χ2n) is 5.23. The molecular formula is C16H16BrN3O4S. The lowest BCUT2D eigenvalue weighted by Crippen LogP contribution is -2.41. The largest absolute Gasteiger partial charge is 0.269 e. The number of halogens is 1. The molecule has 0 aliphatic heterocycles. The Balaban J connectivity index is 2.10. The van der Waals surface area contributed by atoms with Crippen LogP contribution >= 0.6 is 15.9 Å². The molecule has 9 heteroatoms. The summed E-state index contributed by atoms with van der Waals surface area (Å²) in [5, 5.41) is 0. The fraction of sp³-hybridized carbons (Fsp3) is 0.125. The van der Waals surface area contributed by atoms with E-state index in [-0.39, 0.29) is 10.5 Å². The number of carbonyl (C=O) groups is 2. The van der Waals surface area contributed by atoms with Crippen LogP contribution in [0.4, 0.5) is 0 Å². The third kappa shape index (κ3) is 4.65. The third-order valence-corrected chi connectivity index (χ3v) is 5.56. The van der Waals surface area contributed by atoms with Gasteiger partial charge < -0.3 is 0 Å². The Hall–Kier alpha value is -2.23. The predicted molar refractivity (Wildman–Crippen MR) is 96.4 cm³/mol. The van der Waals surface area contributed by atoms with E-state index in [4.69, 9.17) is 0 Å². The molecule has 2 rings (SSSR count). The lowest BCUT2D eigenvalue weighted by atomic mass is 10.2. The molecule has 0 fully saturated rings. The normalized spacial score (nSPS) is 11.2. The van der Waals surface area contributed by atoms with Crippen molar-refractivity contribution in [2.24, 2.45) is 0 Å². The molecule has 7 nitrogen and oxygen atoms in total. The number of amides is 2. The molecule has 0 aliphatic rings. The van der Waals surface area contributed by atoms with Crippen molar-refractivity contribution in [3.8, 4) is 0 Å². The minimum absolute atomic E-state index is 0.0107. The molecule has 0 saturated carbocycles. The highest BCUT2D eigenvalue weighted by Crippen LogP contribution is 2.15. The molecule has 2 amide bonds. The fourth-order valence-electron chi connectivity index (χ4n) is 1.90. The summed E-state index contributed by atoms with van der Waals surface area (Å²) < 4.78 is 26.0. The maximum atomic E-state index is 12.2. The first-order valence-electron chi connectivity index (χ1n) is 7.10. The van der Waals surface area contributed by atoms with Crippen molar-refractivity contribution in [2.75, 3.05) is 14.1 Å². The smallest absolute Gasteiger partial charge is 0.267 e. The summed E-state index contributed by atoms with van der Waals surface area (Å²) in [6.07, 6.45) is 0. The minimum atomic E-state index is -3.65. The van der Waals surface area contributed by atoms with E-state index in [0.29, 0.717) is 5.56 Å². The van der Waals surface area contributed by atoms with Crippen LogP contribution in [0, 0.1) is 0 Å². The Kier molecular flexibility index (Phi) is 5.93. The zero-order valence-corrected chi connectivity index (χ0v) is 15.9. The van der Waals surface area contributed by atoms with E-state index in [1.54, 1.807) is 24.3 Å². The standard InChI is InChI=1S/C16H16BrN3O4S/c1-20(2)25(23,24)14-8-4-6-12(10-14)16(22)19-18-15(21)11-5-3-7-13(17)9-11/h3-10H,1-2H3,(H,18,21)(H,19,22). The molecule has 132 valence electrons. The highest BCUT2D eigenvalue weighted by Gasteiger charge is 2.19. The summed E-state index contributed by atoms with van der Waals surface area (Å²) in [5.41, 5.74) is 5.02. The van der Waals surface area contributed by atoms with Gasteiger partial charge in [-0.2, -0.15) is 0 Å². The Labute approximate surface area is 154 Å². The van der Waals surface area contributed by atoms with Crippen molar-refractivity contribution in [2.45, 2.75) is 4.90 Å². The van der Waals surface area contributed by atoms with Crippen LogP contribution in [0.2, 0.25) is 0 Å². The summed E-state index contributed by atoms with van der Waals surface area (Å²) >= 11 is 3.26. The SMILES string of the molecule is CN(C)S(=O)(=O)c1cccc(C(=O)NNC(=O)c2cccc(Br)c2)c1. The van der Waals surface area contributed by atoms with Crippen LogP contribution < -0.4 is 10.9 Å². The number of rotatable bonds is 4. The van der Waals surface area contributed by atoms with Gasteiger partial charge in [-0.25, -0.2) is 12.7 Å². The first-order chi connectivity index (χ1) is 11.7. The molecule has 25 heavy (non-hydrogen) atoms. The van der Waals surface area contributed by atoms with Gasteiger partial charge in [0.15, 0.2) is 0 Å². The number of benzene rings is 2. The molecule has 2 aromatic rings. The van der Waals surface area contributed by atoms with Crippen LogP contribution in [0.25, 0.3) is 0 Å². The van der Waals surface area contributed by atoms with Crippen molar-refractivity contribution in [3.05, 3.63) is 64.1 Å². The molecule has 0 spiro atoms. The molecule has 0 atom stereocenters. The first-order valence-corrected chi connectivity index (χ1v) is 9.34. The zero-order valence-electron chi connectivity index (χ0n) is 13.5. The molecular weight excluding hydrogens is 410 g/mol. The van der Waals surface area contributed by atoms with Crippen LogP contribution in [0.1, 0.15) is 20.7 Å². The van der Waals surface area contributed by atoms with E-state index >= 15 is 0 Å². The number of carbonyl (C=O) groups excluding carboxylic acids is 2. The highest BCUT2D eigenvalue weighted by atomic mass is 79.9. The number of hydrogen-bond donors (Lipinski definition) is 2. The van der Waals surface area contributed by atoms with Crippen molar-refractivity contribution < 1.29 is 18.0 Å². The van der Waals surface area contributed by atoms with Crippen LogP contribution in [0.15, 0.2) is 57.9 Å². The lowest BCUT2D eigenvalue weighted by Gasteiger charge is -2.12. The molecule has 0 saturated heterocycles. The van der Waals surface area contributed by atoms with E-state index in [9.17, 15) is 18.0 Å². The van der Waals surface area contributed by atoms with E-state index < -0.39 is 21.8 Å². The van der Waals surface area contributed by atoms with E-state index in [0.717, 1.165) is 8.78 Å². The van der Waals surface area contributed by atoms with Gasteiger partial charge in [0, 0.05) is 29.7 Å². The maximum absolute atomic E-state index is 12.2. The Morgan fingerprint density at radius 1 is 0.920 bits per heavy atom. The topological polar surface area (TPSA) is 95.6 Å². The van der Waals surface area contributed by atoms with Crippen molar-refractivity contribution in [3.63, 3.8) is 0 Å². The van der Waals surface area contributed by atoms with Crippen LogP contribution in [-0.2, 0) is 10.0 Å². The summed E-state index contributed by atoms with van der Waals surface area (Å²) in [4.78, 5) is 24.1. The van der Waals surface area contributed by atoms with Gasteiger partial charge in [-0.15, -0.1) is 0 Å². The van der Waals surface area contributed by atoms with Crippen molar-refractivity contribution in [1.29, 1.82) is 0 Å². The van der Waals surface area contributed by atoms with Gasteiger partial charge in [0.05, 0.1) is 4.90 Å². The van der Waals surface area contributed by atoms with E-state index in [2.05, 4.69) is 26.8 Å². The molecule has 0 radical (unpaired) electrons. The van der Waals surface area contributed by atoms with Gasteiger partial charge in [-0.1, -0.05) is 28.1 Å². The van der Waals surface area contributed by atoms with Gasteiger partial charge in [0.1, 0.15) is 0 Å². The molecule has 0 unspecified atom stereocenters. The molecule has 0 aliphatic carbocycles. The second-order valence-corrected chi connectivity index (χ2v) is 8.30. The van der Waals surface area contributed by atoms with Crippen molar-refractivity contribution in [1.82, 2.24) is 15.2 Å². The third-order valence-electron chi connectivity index (χ3n) is 3.25. The van der Waals surface area contributed by atoms with Crippen LogP contribution in [0.5, 0.6) is 0 Å². The van der Waals surface area contributed by atoms with E-state index in [1.165, 1.54) is 38.4 Å². The number of nitrogens with one attached hydrogen (secondary N) is 2. The quantitative estimate of drug-likeness (QED) is 0.729. The first kappa shape index (κ1) is 19.1. The Bertz CT molecular complexity index is 913. The minimum Gasteiger partial charge on any atom is -0.267 e. The lowest BCUT2D eigenvalue weighted by molar-refractivity contribution is 0.0846. The van der Waals surface area contributed by atoms with Gasteiger partial charge in [-0.3, -0.25) is 20.4 Å². The van der Waals surface area contributed by atoms with Gasteiger partial charge >= 0.3 is 0 Å². The Morgan fingerprint density at radius 2 is 1.44 bits per heavy atom. The number of hydrogen-bond acceptors (Lipinski definition) is 4. The zero-order chi connectivity index (χ0) is 18.6. The maximum Gasteiger partial charge on any atom is 0.269 e. The second kappa shape index (κ2) is 7.77. The summed E-state index contributed by atoms with van der Waals surface area (Å²) in [6.45, 7) is 0. The summed E-state index contributed by atoms with van der Waals surface area (Å²) in [7, 11) is -0.845. The van der Waals surface area contributed by atoms with Crippen LogP contribution in [0.3, 0.4) is 0 Å². The average molecular weight is 426 g/mol. The predicted octanol–water partition coefficient (Wildman–Crippen LogP) is 1.77. The summed E-state index contributed by atoms with van der Waals surface area (Å²) in [6, 6.07) is 12.2. The average Bonchev–Trinajstić information content (AvgIpc) is 2.59. The van der Waals surface area contributed by atoms with E-state index in [1.807, 2.05) is 0 Å². The van der Waals surface area contributed by atoms with Crippen LogP contribution in [-0.4, -0.2) is 38.6 Å². The number of nitrogens with zero attached hydrogens (tertiary/aromatic N) is 1. The molecule has 0 aromatic heterocycles. The molecule has 0 heterocycles. The molecule has 2 N–H and O–H groups in total. The fourth-order valence-corrected chi connectivity index (χ4v) is 3.24. The highest BCUT2D eigenvalue weighted by molar-refractivity contribution is 9.10. The van der Waals surface area contributed by atoms with Gasteiger partial charge in [-0.05, 0) is 36.4 Å². The Morgan fingerprint density at radius 3 is 1.96 bits per heavy atom. The number of sulfonamides is 1. The number of hydrazine groups is 1. The van der Waals surface area contributed by atoms with Gasteiger partial charge in [0.25, 0.3) is 11.8 Å². The monoisotopic (exact) mass is 425 g/mol. The van der Waals surface area contributed by atoms with Crippen molar-refractivity contribution >= 4 is 37.8 Å². The summed E-state index contributed by atoms with van der Waals surface area (Å²) in [5.74, 6) is -1.12.